The highest BCUT2D eigenvalue weighted by atomic mass is 32.1. The molecule has 1 aliphatic heterocycles. The van der Waals surface area contributed by atoms with Crippen LogP contribution < -0.4 is 10.2 Å². The van der Waals surface area contributed by atoms with Crippen molar-refractivity contribution in [3.8, 4) is 11.3 Å². The number of amides is 2. The van der Waals surface area contributed by atoms with Crippen molar-refractivity contribution < 1.29 is 14.5 Å². The Labute approximate surface area is 176 Å². The average Bonchev–Trinajstić information content (AvgIpc) is 3.35. The topological polar surface area (TPSA) is 105 Å². The number of hydrogen-bond donors (Lipinski definition) is 1. The third kappa shape index (κ3) is 4.06. The number of benzene rings is 2. The van der Waals surface area contributed by atoms with Crippen molar-refractivity contribution in [1.82, 2.24) is 4.98 Å². The van der Waals surface area contributed by atoms with Crippen LogP contribution in [-0.4, -0.2) is 28.3 Å². The lowest BCUT2D eigenvalue weighted by molar-refractivity contribution is -0.384. The molecule has 1 saturated heterocycles. The Hall–Kier alpha value is -3.59. The van der Waals surface area contributed by atoms with Gasteiger partial charge in [-0.2, -0.15) is 0 Å². The van der Waals surface area contributed by atoms with Crippen molar-refractivity contribution in [3.63, 3.8) is 0 Å². The quantitative estimate of drug-likeness (QED) is 0.494. The second-order valence-electron chi connectivity index (χ2n) is 7.08. The highest BCUT2D eigenvalue weighted by Crippen LogP contribution is 2.30. The van der Waals surface area contributed by atoms with E-state index in [9.17, 15) is 19.7 Å². The van der Waals surface area contributed by atoms with Crippen LogP contribution in [0.15, 0.2) is 53.9 Å². The van der Waals surface area contributed by atoms with Gasteiger partial charge >= 0.3 is 0 Å². The Morgan fingerprint density at radius 1 is 1.27 bits per heavy atom. The van der Waals surface area contributed by atoms with Gasteiger partial charge in [-0.1, -0.05) is 24.3 Å². The fourth-order valence-electron chi connectivity index (χ4n) is 3.38. The van der Waals surface area contributed by atoms with E-state index in [0.29, 0.717) is 22.9 Å². The number of nitrogens with one attached hydrogen (secondary N) is 1. The van der Waals surface area contributed by atoms with Crippen LogP contribution in [0.3, 0.4) is 0 Å². The number of nitrogens with zero attached hydrogens (tertiary/aromatic N) is 3. The van der Waals surface area contributed by atoms with Crippen LogP contribution in [0.1, 0.15) is 12.0 Å². The van der Waals surface area contributed by atoms with Crippen LogP contribution in [0, 0.1) is 23.0 Å². The molecule has 1 aromatic heterocycles. The molecule has 8 nitrogen and oxygen atoms in total. The lowest BCUT2D eigenvalue weighted by atomic mass is 10.1. The van der Waals surface area contributed by atoms with Crippen LogP contribution in [0.4, 0.5) is 16.5 Å². The maximum atomic E-state index is 12.7. The van der Waals surface area contributed by atoms with Crippen molar-refractivity contribution >= 4 is 39.7 Å². The molecular weight excluding hydrogens is 404 g/mol. The lowest BCUT2D eigenvalue weighted by Gasteiger charge is -2.17. The number of carbonyl (C=O) groups is 2. The molecule has 0 aliphatic carbocycles. The molecule has 0 saturated carbocycles. The largest absolute Gasteiger partial charge is 0.312 e. The highest BCUT2D eigenvalue weighted by molar-refractivity contribution is 7.14. The maximum Gasteiger partial charge on any atom is 0.270 e. The first-order valence-corrected chi connectivity index (χ1v) is 10.2. The summed E-state index contributed by atoms with van der Waals surface area (Å²) in [5.74, 6) is -0.821. The van der Waals surface area contributed by atoms with Gasteiger partial charge < -0.3 is 10.2 Å². The van der Waals surface area contributed by atoms with E-state index in [2.05, 4.69) is 10.3 Å². The van der Waals surface area contributed by atoms with Crippen LogP contribution >= 0.6 is 11.3 Å². The van der Waals surface area contributed by atoms with Crippen LogP contribution in [0.5, 0.6) is 0 Å². The van der Waals surface area contributed by atoms with Gasteiger partial charge in [0.15, 0.2) is 5.13 Å². The number of carbonyl (C=O) groups excluding carboxylic acids is 2. The molecule has 2 amide bonds. The molecule has 1 aliphatic rings. The molecular formula is C21H18N4O4S. The molecule has 152 valence electrons. The van der Waals surface area contributed by atoms with Crippen LogP contribution in [-0.2, 0) is 9.59 Å². The van der Waals surface area contributed by atoms with Gasteiger partial charge in [0.25, 0.3) is 5.69 Å². The molecule has 0 radical (unpaired) electrons. The van der Waals surface area contributed by atoms with Gasteiger partial charge in [-0.05, 0) is 24.6 Å². The average molecular weight is 422 g/mol. The summed E-state index contributed by atoms with van der Waals surface area (Å²) in [7, 11) is 0. The van der Waals surface area contributed by atoms with Crippen molar-refractivity contribution in [2.24, 2.45) is 5.92 Å². The molecule has 1 unspecified atom stereocenters. The predicted octanol–water partition coefficient (Wildman–Crippen LogP) is 4.02. The zero-order valence-corrected chi connectivity index (χ0v) is 16.9. The van der Waals surface area contributed by atoms with E-state index in [4.69, 9.17) is 0 Å². The number of nitro benzene ring substituents is 1. The zero-order chi connectivity index (χ0) is 21.3. The van der Waals surface area contributed by atoms with Gasteiger partial charge in [-0.3, -0.25) is 19.7 Å². The van der Waals surface area contributed by atoms with E-state index in [1.54, 1.807) is 22.4 Å². The second-order valence-corrected chi connectivity index (χ2v) is 7.94. The van der Waals surface area contributed by atoms with E-state index < -0.39 is 10.8 Å². The number of thiazole rings is 1. The van der Waals surface area contributed by atoms with Crippen LogP contribution in [0.25, 0.3) is 11.3 Å². The van der Waals surface area contributed by atoms with E-state index in [-0.39, 0.29) is 23.9 Å². The number of aryl methyl sites for hydroxylation is 1. The smallest absolute Gasteiger partial charge is 0.270 e. The van der Waals surface area contributed by atoms with Gasteiger partial charge in [0.1, 0.15) is 0 Å². The van der Waals surface area contributed by atoms with Crippen molar-refractivity contribution in [3.05, 3.63) is 69.6 Å². The Kier molecular flexibility index (Phi) is 5.28. The molecule has 1 atom stereocenters. The minimum atomic E-state index is -0.469. The predicted molar refractivity (Wildman–Crippen MR) is 114 cm³/mol. The Balaban J connectivity index is 1.44. The van der Waals surface area contributed by atoms with Crippen molar-refractivity contribution in [2.45, 2.75) is 13.3 Å². The first-order valence-electron chi connectivity index (χ1n) is 9.29. The van der Waals surface area contributed by atoms with Gasteiger partial charge in [0.05, 0.1) is 16.5 Å². The monoisotopic (exact) mass is 422 g/mol. The van der Waals surface area contributed by atoms with Gasteiger partial charge in [0, 0.05) is 41.7 Å². The van der Waals surface area contributed by atoms with E-state index in [1.165, 1.54) is 23.5 Å². The first-order chi connectivity index (χ1) is 14.4. The fraction of sp³-hybridized carbons (Fsp3) is 0.190. The number of nitro groups is 1. The molecule has 4 rings (SSSR count). The van der Waals surface area contributed by atoms with Crippen molar-refractivity contribution in [1.29, 1.82) is 0 Å². The highest BCUT2D eigenvalue weighted by Gasteiger charge is 2.35. The van der Waals surface area contributed by atoms with Gasteiger partial charge in [-0.25, -0.2) is 4.98 Å². The summed E-state index contributed by atoms with van der Waals surface area (Å²) in [6.07, 6.45) is 0.142. The van der Waals surface area contributed by atoms with E-state index in [0.717, 1.165) is 11.3 Å². The van der Waals surface area contributed by atoms with E-state index >= 15 is 0 Å². The maximum absolute atomic E-state index is 12.7. The third-order valence-electron chi connectivity index (χ3n) is 4.90. The van der Waals surface area contributed by atoms with Crippen molar-refractivity contribution in [2.75, 3.05) is 16.8 Å². The fourth-order valence-corrected chi connectivity index (χ4v) is 4.10. The minimum Gasteiger partial charge on any atom is -0.312 e. The van der Waals surface area contributed by atoms with Gasteiger partial charge in [-0.15, -0.1) is 11.3 Å². The number of hydrogen-bond acceptors (Lipinski definition) is 6. The van der Waals surface area contributed by atoms with Crippen LogP contribution in [0.2, 0.25) is 0 Å². The SMILES string of the molecule is Cc1cccc(N2CC(C(=O)Nc3nc(-c4cccc([N+](=O)[O-])c4)cs3)CC2=O)c1. The third-order valence-corrected chi connectivity index (χ3v) is 5.65. The molecule has 1 fully saturated rings. The first kappa shape index (κ1) is 19.7. The number of non-ortho nitro benzene ring substituents is 1. The Morgan fingerprint density at radius 3 is 2.83 bits per heavy atom. The minimum absolute atomic E-state index is 0.0215. The normalized spacial score (nSPS) is 16.0. The summed E-state index contributed by atoms with van der Waals surface area (Å²) in [5.41, 5.74) is 2.96. The molecule has 1 N–H and O–H groups in total. The number of aromatic nitrogens is 1. The summed E-state index contributed by atoms with van der Waals surface area (Å²) in [5, 5.41) is 15.8. The number of anilines is 2. The van der Waals surface area contributed by atoms with E-state index in [1.807, 2.05) is 31.2 Å². The lowest BCUT2D eigenvalue weighted by Crippen LogP contribution is -2.28. The summed E-state index contributed by atoms with van der Waals surface area (Å²) >= 11 is 1.23. The molecule has 2 aromatic carbocycles. The standard InChI is InChI=1S/C21H18N4O4S/c1-13-4-2-6-16(8-13)24-11-15(10-19(24)26)20(27)23-21-22-18(12-30-21)14-5-3-7-17(9-14)25(28)29/h2-9,12,15H,10-11H2,1H3,(H,22,23,27). The zero-order valence-electron chi connectivity index (χ0n) is 16.1. The Bertz CT molecular complexity index is 1140. The molecule has 30 heavy (non-hydrogen) atoms. The molecule has 9 heteroatoms. The summed E-state index contributed by atoms with van der Waals surface area (Å²) in [4.78, 5) is 41.6. The summed E-state index contributed by atoms with van der Waals surface area (Å²) < 4.78 is 0. The second kappa shape index (κ2) is 8.03. The molecule has 2 heterocycles. The summed E-state index contributed by atoms with van der Waals surface area (Å²) in [6.45, 7) is 2.27. The molecule has 3 aromatic rings. The summed E-state index contributed by atoms with van der Waals surface area (Å²) in [6, 6.07) is 13.8. The Morgan fingerprint density at radius 2 is 2.07 bits per heavy atom. The van der Waals surface area contributed by atoms with Gasteiger partial charge in [0.2, 0.25) is 11.8 Å². The molecule has 0 bridgehead atoms. The number of rotatable bonds is 5. The molecule has 0 spiro atoms.